The number of benzene rings is 1. The molecule has 0 amide bonds. The van der Waals surface area contributed by atoms with Crippen LogP contribution in [0.5, 0.6) is 5.75 Å². The fraction of sp³-hybridized carbons (Fsp3) is 0.375. The lowest BCUT2D eigenvalue weighted by Crippen LogP contribution is -2.29. The van der Waals surface area contributed by atoms with Gasteiger partial charge in [0.1, 0.15) is 5.75 Å². The molecule has 1 N–H and O–H groups in total. The van der Waals surface area contributed by atoms with Crippen LogP contribution in [0.4, 0.5) is 0 Å². The van der Waals surface area contributed by atoms with Gasteiger partial charge in [-0.05, 0) is 37.0 Å². The standard InChI is InChI=1S/C16H18ClNOS/c1-19-12-5-2-11(3-6-12)4-7-14-16-13(17)10-20-15(16)8-9-18-14/h2-3,5-6,10,14,18H,4,7-9H2,1H3. The predicted octanol–water partition coefficient (Wildman–Crippen LogP) is 4.23. The van der Waals surface area contributed by atoms with E-state index in [1.54, 1.807) is 18.4 Å². The normalized spacial score (nSPS) is 17.8. The second-order valence-electron chi connectivity index (χ2n) is 5.06. The summed E-state index contributed by atoms with van der Waals surface area (Å²) in [6.45, 7) is 1.05. The van der Waals surface area contributed by atoms with Crippen LogP contribution in [0.2, 0.25) is 5.02 Å². The van der Waals surface area contributed by atoms with E-state index >= 15 is 0 Å². The highest BCUT2D eigenvalue weighted by atomic mass is 35.5. The van der Waals surface area contributed by atoms with E-state index in [0.717, 1.165) is 36.6 Å². The first kappa shape index (κ1) is 13.9. The van der Waals surface area contributed by atoms with E-state index in [-0.39, 0.29) is 0 Å². The van der Waals surface area contributed by atoms with E-state index in [1.165, 1.54) is 16.0 Å². The molecule has 1 aliphatic heterocycles. The van der Waals surface area contributed by atoms with Crippen molar-refractivity contribution in [1.29, 1.82) is 0 Å². The Morgan fingerprint density at radius 1 is 1.35 bits per heavy atom. The molecule has 0 saturated heterocycles. The fourth-order valence-corrected chi connectivity index (χ4v) is 4.16. The first-order chi connectivity index (χ1) is 9.78. The SMILES string of the molecule is COc1ccc(CCC2NCCc3scc(Cl)c32)cc1. The zero-order valence-corrected chi connectivity index (χ0v) is 13.1. The third kappa shape index (κ3) is 2.85. The van der Waals surface area contributed by atoms with Gasteiger partial charge >= 0.3 is 0 Å². The number of hydrogen-bond donors (Lipinski definition) is 1. The zero-order valence-electron chi connectivity index (χ0n) is 11.5. The molecule has 2 aromatic rings. The molecule has 106 valence electrons. The Balaban J connectivity index is 1.68. The van der Waals surface area contributed by atoms with Gasteiger partial charge in [-0.1, -0.05) is 23.7 Å². The average molecular weight is 308 g/mol. The summed E-state index contributed by atoms with van der Waals surface area (Å²) < 4.78 is 5.19. The number of nitrogens with one attached hydrogen (secondary N) is 1. The molecule has 0 aliphatic carbocycles. The molecule has 3 rings (SSSR count). The van der Waals surface area contributed by atoms with Crippen molar-refractivity contribution in [1.82, 2.24) is 5.32 Å². The molecule has 1 unspecified atom stereocenters. The van der Waals surface area contributed by atoms with Gasteiger partial charge in [0.05, 0.1) is 12.1 Å². The summed E-state index contributed by atoms with van der Waals surface area (Å²) >= 11 is 8.12. The van der Waals surface area contributed by atoms with Crippen LogP contribution in [0.3, 0.4) is 0 Å². The molecule has 0 fully saturated rings. The number of halogens is 1. The van der Waals surface area contributed by atoms with Crippen LogP contribution in [-0.4, -0.2) is 13.7 Å². The van der Waals surface area contributed by atoms with Gasteiger partial charge in [0, 0.05) is 28.4 Å². The molecule has 0 radical (unpaired) electrons. The molecule has 1 aromatic heterocycles. The van der Waals surface area contributed by atoms with Crippen LogP contribution in [0.25, 0.3) is 0 Å². The van der Waals surface area contributed by atoms with Gasteiger partial charge in [0.25, 0.3) is 0 Å². The smallest absolute Gasteiger partial charge is 0.118 e. The fourth-order valence-electron chi connectivity index (χ4n) is 2.75. The lowest BCUT2D eigenvalue weighted by molar-refractivity contribution is 0.414. The zero-order chi connectivity index (χ0) is 13.9. The Morgan fingerprint density at radius 2 is 2.15 bits per heavy atom. The maximum atomic E-state index is 6.33. The first-order valence-corrected chi connectivity index (χ1v) is 8.16. The minimum Gasteiger partial charge on any atom is -0.497 e. The number of fused-ring (bicyclic) bond motifs is 1. The van der Waals surface area contributed by atoms with Crippen LogP contribution >= 0.6 is 22.9 Å². The number of thiophene rings is 1. The molecule has 4 heteroatoms. The van der Waals surface area contributed by atoms with E-state index in [1.807, 2.05) is 12.1 Å². The lowest BCUT2D eigenvalue weighted by Gasteiger charge is -2.25. The number of hydrogen-bond acceptors (Lipinski definition) is 3. The topological polar surface area (TPSA) is 21.3 Å². The van der Waals surface area contributed by atoms with Crippen LogP contribution in [-0.2, 0) is 12.8 Å². The molecule has 2 heterocycles. The molecule has 1 aliphatic rings. The summed E-state index contributed by atoms with van der Waals surface area (Å²) in [5.41, 5.74) is 2.67. The van der Waals surface area contributed by atoms with Crippen LogP contribution in [0.1, 0.15) is 28.5 Å². The Bertz CT molecular complexity index is 579. The molecule has 1 atom stereocenters. The van der Waals surface area contributed by atoms with Crippen molar-refractivity contribution >= 4 is 22.9 Å². The summed E-state index contributed by atoms with van der Waals surface area (Å²) in [6, 6.07) is 8.70. The van der Waals surface area contributed by atoms with Crippen LogP contribution in [0, 0.1) is 0 Å². The Morgan fingerprint density at radius 3 is 2.90 bits per heavy atom. The van der Waals surface area contributed by atoms with Gasteiger partial charge in [-0.3, -0.25) is 0 Å². The van der Waals surface area contributed by atoms with Crippen LogP contribution < -0.4 is 10.1 Å². The second-order valence-corrected chi connectivity index (χ2v) is 6.44. The van der Waals surface area contributed by atoms with E-state index in [4.69, 9.17) is 16.3 Å². The quantitative estimate of drug-likeness (QED) is 0.912. The first-order valence-electron chi connectivity index (χ1n) is 6.90. The van der Waals surface area contributed by atoms with Crippen molar-refractivity contribution in [2.45, 2.75) is 25.3 Å². The molecule has 0 spiro atoms. The van der Waals surface area contributed by atoms with Gasteiger partial charge in [-0.15, -0.1) is 11.3 Å². The van der Waals surface area contributed by atoms with Crippen molar-refractivity contribution in [3.8, 4) is 5.75 Å². The lowest BCUT2D eigenvalue weighted by atomic mass is 9.96. The van der Waals surface area contributed by atoms with Crippen molar-refractivity contribution in [2.75, 3.05) is 13.7 Å². The van der Waals surface area contributed by atoms with E-state index in [2.05, 4.69) is 22.8 Å². The molecular formula is C16H18ClNOS. The van der Waals surface area contributed by atoms with Crippen molar-refractivity contribution in [2.24, 2.45) is 0 Å². The highest BCUT2D eigenvalue weighted by molar-refractivity contribution is 7.10. The third-order valence-corrected chi connectivity index (χ3v) is 5.34. The maximum absolute atomic E-state index is 6.33. The maximum Gasteiger partial charge on any atom is 0.118 e. The van der Waals surface area contributed by atoms with Gasteiger partial charge in [-0.25, -0.2) is 0 Å². The Labute approximate surface area is 128 Å². The highest BCUT2D eigenvalue weighted by Gasteiger charge is 2.23. The predicted molar refractivity (Wildman–Crippen MR) is 85.1 cm³/mol. The van der Waals surface area contributed by atoms with Gasteiger partial charge < -0.3 is 10.1 Å². The van der Waals surface area contributed by atoms with Gasteiger partial charge in [0.2, 0.25) is 0 Å². The Kier molecular flexibility index (Phi) is 4.29. The van der Waals surface area contributed by atoms with Gasteiger partial charge in [0.15, 0.2) is 0 Å². The summed E-state index contributed by atoms with van der Waals surface area (Å²) in [6.07, 6.45) is 3.23. The molecule has 0 saturated carbocycles. The summed E-state index contributed by atoms with van der Waals surface area (Å²) in [5.74, 6) is 0.910. The number of rotatable bonds is 4. The van der Waals surface area contributed by atoms with Gasteiger partial charge in [-0.2, -0.15) is 0 Å². The summed E-state index contributed by atoms with van der Waals surface area (Å²) in [7, 11) is 1.70. The second kappa shape index (κ2) is 6.17. The van der Waals surface area contributed by atoms with E-state index in [0.29, 0.717) is 6.04 Å². The monoisotopic (exact) mass is 307 g/mol. The molecule has 20 heavy (non-hydrogen) atoms. The minimum absolute atomic E-state index is 0.389. The number of aryl methyl sites for hydroxylation is 1. The van der Waals surface area contributed by atoms with Crippen molar-refractivity contribution < 1.29 is 4.74 Å². The Hall–Kier alpha value is -1.03. The molecule has 1 aromatic carbocycles. The van der Waals surface area contributed by atoms with Crippen molar-refractivity contribution in [3.63, 3.8) is 0 Å². The molecular weight excluding hydrogens is 290 g/mol. The highest BCUT2D eigenvalue weighted by Crippen LogP contribution is 2.37. The largest absolute Gasteiger partial charge is 0.497 e. The van der Waals surface area contributed by atoms with Crippen LogP contribution in [0.15, 0.2) is 29.6 Å². The van der Waals surface area contributed by atoms with E-state index in [9.17, 15) is 0 Å². The number of ether oxygens (including phenoxy) is 1. The summed E-state index contributed by atoms with van der Waals surface area (Å²) in [5, 5.41) is 6.59. The van der Waals surface area contributed by atoms with E-state index < -0.39 is 0 Å². The molecule has 2 nitrogen and oxygen atoms in total. The number of methoxy groups -OCH3 is 1. The average Bonchev–Trinajstić information content (AvgIpc) is 2.88. The minimum atomic E-state index is 0.389. The van der Waals surface area contributed by atoms with Crippen molar-refractivity contribution in [3.05, 3.63) is 50.7 Å². The third-order valence-electron chi connectivity index (χ3n) is 3.83. The molecule has 0 bridgehead atoms. The summed E-state index contributed by atoms with van der Waals surface area (Å²) in [4.78, 5) is 1.45.